The van der Waals surface area contributed by atoms with E-state index in [1.807, 2.05) is 0 Å². The molecule has 0 bridgehead atoms. The number of esters is 1. The van der Waals surface area contributed by atoms with Crippen molar-refractivity contribution >= 4 is 22.8 Å². The van der Waals surface area contributed by atoms with Crippen molar-refractivity contribution in [3.8, 4) is 0 Å². The number of nitrogens with zero attached hydrogens (tertiary/aromatic N) is 4. The van der Waals surface area contributed by atoms with Crippen LogP contribution >= 0.6 is 0 Å². The van der Waals surface area contributed by atoms with Crippen LogP contribution in [0.3, 0.4) is 0 Å². The van der Waals surface area contributed by atoms with Crippen molar-refractivity contribution in [3.63, 3.8) is 0 Å². The second-order valence-electron chi connectivity index (χ2n) is 4.09. The summed E-state index contributed by atoms with van der Waals surface area (Å²) in [5.41, 5.74) is 0.679. The molecule has 1 N–H and O–H groups in total. The van der Waals surface area contributed by atoms with Gasteiger partial charge in [-0.1, -0.05) is 0 Å². The summed E-state index contributed by atoms with van der Waals surface area (Å²) < 4.78 is 11.6. The summed E-state index contributed by atoms with van der Waals surface area (Å²) in [7, 11) is 3.36. The second-order valence-corrected chi connectivity index (χ2v) is 4.09. The molecule has 2 aromatic rings. The van der Waals surface area contributed by atoms with Crippen LogP contribution < -0.4 is 5.32 Å². The van der Waals surface area contributed by atoms with Gasteiger partial charge in [-0.05, 0) is 6.92 Å². The van der Waals surface area contributed by atoms with Crippen LogP contribution in [0.4, 0.5) is 5.82 Å². The summed E-state index contributed by atoms with van der Waals surface area (Å²) in [6.45, 7) is 2.44. The van der Waals surface area contributed by atoms with Gasteiger partial charge in [0, 0.05) is 14.2 Å². The number of aryl methyl sites for hydroxylation is 1. The molecule has 0 spiro atoms. The van der Waals surface area contributed by atoms with Gasteiger partial charge in [0.05, 0.1) is 18.2 Å². The fraction of sp³-hybridized carbons (Fsp3) is 0.500. The van der Waals surface area contributed by atoms with Crippen molar-refractivity contribution < 1.29 is 14.3 Å². The maximum absolute atomic E-state index is 11.4. The van der Waals surface area contributed by atoms with Gasteiger partial charge in [0.15, 0.2) is 11.5 Å². The van der Waals surface area contributed by atoms with Gasteiger partial charge in [0.25, 0.3) is 0 Å². The third-order valence-electron chi connectivity index (χ3n) is 2.62. The van der Waals surface area contributed by atoms with E-state index in [0.29, 0.717) is 23.9 Å². The average molecular weight is 279 g/mol. The number of anilines is 1. The van der Waals surface area contributed by atoms with Gasteiger partial charge in [-0.3, -0.25) is 9.48 Å². The van der Waals surface area contributed by atoms with E-state index in [-0.39, 0.29) is 19.1 Å². The predicted octanol–water partition coefficient (Wildman–Crippen LogP) is 0.485. The Morgan fingerprint density at radius 2 is 2.25 bits per heavy atom. The molecule has 2 heterocycles. The van der Waals surface area contributed by atoms with E-state index < -0.39 is 0 Å². The van der Waals surface area contributed by atoms with Crippen molar-refractivity contribution in [3.05, 3.63) is 12.0 Å². The van der Waals surface area contributed by atoms with Crippen LogP contribution in [0.5, 0.6) is 0 Å². The summed E-state index contributed by atoms with van der Waals surface area (Å²) in [6, 6.07) is 0. The van der Waals surface area contributed by atoms with E-state index in [0.717, 1.165) is 5.39 Å². The minimum absolute atomic E-state index is 0.0429. The number of nitrogens with one attached hydrogen (secondary N) is 1. The molecule has 0 aliphatic heterocycles. The monoisotopic (exact) mass is 279 g/mol. The predicted molar refractivity (Wildman–Crippen MR) is 72.1 cm³/mol. The van der Waals surface area contributed by atoms with Crippen LogP contribution in [0, 0.1) is 0 Å². The first kappa shape index (κ1) is 14.2. The van der Waals surface area contributed by atoms with Crippen LogP contribution in [-0.4, -0.2) is 46.0 Å². The summed E-state index contributed by atoms with van der Waals surface area (Å²) in [4.78, 5) is 20.1. The summed E-state index contributed by atoms with van der Waals surface area (Å²) in [5.74, 6) is 0.731. The molecule has 0 saturated carbocycles. The molecule has 0 unspecified atom stereocenters. The van der Waals surface area contributed by atoms with E-state index >= 15 is 0 Å². The third-order valence-corrected chi connectivity index (χ3v) is 2.62. The van der Waals surface area contributed by atoms with E-state index in [2.05, 4.69) is 20.4 Å². The standard InChI is InChI=1S/C12H17N5O3/c1-4-20-10(18)6-13-11-8-5-14-17(2)12(8)16-9(15-11)7-19-3/h5H,4,6-7H2,1-3H3,(H,13,15,16). The van der Waals surface area contributed by atoms with Crippen LogP contribution in [0.2, 0.25) is 0 Å². The molecule has 0 atom stereocenters. The Balaban J connectivity index is 2.28. The first-order chi connectivity index (χ1) is 9.65. The lowest BCUT2D eigenvalue weighted by atomic mass is 10.3. The van der Waals surface area contributed by atoms with Crippen molar-refractivity contribution in [1.29, 1.82) is 0 Å². The normalized spacial score (nSPS) is 10.8. The summed E-state index contributed by atoms with van der Waals surface area (Å²) in [6.07, 6.45) is 1.65. The number of aromatic nitrogens is 4. The van der Waals surface area contributed by atoms with Gasteiger partial charge in [-0.2, -0.15) is 5.10 Å². The second kappa shape index (κ2) is 6.29. The fourth-order valence-electron chi connectivity index (χ4n) is 1.76. The highest BCUT2D eigenvalue weighted by molar-refractivity contribution is 5.88. The van der Waals surface area contributed by atoms with Crippen LogP contribution in [0.25, 0.3) is 11.0 Å². The maximum Gasteiger partial charge on any atom is 0.325 e. The Morgan fingerprint density at radius 1 is 1.45 bits per heavy atom. The zero-order chi connectivity index (χ0) is 14.5. The Kier molecular flexibility index (Phi) is 4.46. The number of ether oxygens (including phenoxy) is 2. The lowest BCUT2D eigenvalue weighted by Gasteiger charge is -2.08. The fourth-order valence-corrected chi connectivity index (χ4v) is 1.76. The molecule has 0 amide bonds. The van der Waals surface area contributed by atoms with Gasteiger partial charge in [0.1, 0.15) is 19.0 Å². The summed E-state index contributed by atoms with van der Waals surface area (Å²) in [5, 5.41) is 7.83. The van der Waals surface area contributed by atoms with E-state index in [1.54, 1.807) is 32.0 Å². The molecule has 0 saturated heterocycles. The molecule has 0 fully saturated rings. The number of methoxy groups -OCH3 is 1. The van der Waals surface area contributed by atoms with Crippen LogP contribution in [0.1, 0.15) is 12.7 Å². The van der Waals surface area contributed by atoms with Gasteiger partial charge < -0.3 is 14.8 Å². The van der Waals surface area contributed by atoms with Crippen LogP contribution in [0.15, 0.2) is 6.20 Å². The minimum atomic E-state index is -0.337. The minimum Gasteiger partial charge on any atom is -0.465 e. The average Bonchev–Trinajstić information content (AvgIpc) is 2.79. The smallest absolute Gasteiger partial charge is 0.325 e. The largest absolute Gasteiger partial charge is 0.465 e. The number of hydrogen-bond acceptors (Lipinski definition) is 7. The lowest BCUT2D eigenvalue weighted by Crippen LogP contribution is -2.18. The molecule has 0 aliphatic carbocycles. The first-order valence-corrected chi connectivity index (χ1v) is 6.22. The van der Waals surface area contributed by atoms with Gasteiger partial charge >= 0.3 is 5.97 Å². The Hall–Kier alpha value is -2.22. The highest BCUT2D eigenvalue weighted by Gasteiger charge is 2.12. The molecule has 0 radical (unpaired) electrons. The van der Waals surface area contributed by atoms with Gasteiger partial charge in [-0.25, -0.2) is 9.97 Å². The topological polar surface area (TPSA) is 91.2 Å². The molecule has 108 valence electrons. The Bertz CT molecular complexity index is 610. The van der Waals surface area contributed by atoms with Crippen molar-refractivity contribution in [2.75, 3.05) is 25.6 Å². The molecule has 8 heteroatoms. The van der Waals surface area contributed by atoms with E-state index in [9.17, 15) is 4.79 Å². The number of fused-ring (bicyclic) bond motifs is 1. The van der Waals surface area contributed by atoms with Crippen molar-refractivity contribution in [2.45, 2.75) is 13.5 Å². The van der Waals surface area contributed by atoms with Crippen molar-refractivity contribution in [2.24, 2.45) is 7.05 Å². The zero-order valence-corrected chi connectivity index (χ0v) is 11.7. The zero-order valence-electron chi connectivity index (χ0n) is 11.7. The molecule has 20 heavy (non-hydrogen) atoms. The summed E-state index contributed by atoms with van der Waals surface area (Å²) >= 11 is 0. The molecule has 8 nitrogen and oxygen atoms in total. The number of carbonyl (C=O) groups is 1. The Morgan fingerprint density at radius 3 is 2.95 bits per heavy atom. The van der Waals surface area contributed by atoms with Gasteiger partial charge in [-0.15, -0.1) is 0 Å². The number of rotatable bonds is 6. The van der Waals surface area contributed by atoms with Gasteiger partial charge in [0.2, 0.25) is 0 Å². The molecular formula is C12H17N5O3. The highest BCUT2D eigenvalue weighted by Crippen LogP contribution is 2.19. The molecule has 2 rings (SSSR count). The quantitative estimate of drug-likeness (QED) is 0.769. The SMILES string of the molecule is CCOC(=O)CNc1nc(COC)nc2c1cnn2C. The van der Waals surface area contributed by atoms with Crippen molar-refractivity contribution in [1.82, 2.24) is 19.7 Å². The van der Waals surface area contributed by atoms with E-state index in [4.69, 9.17) is 9.47 Å². The molecule has 0 aromatic carbocycles. The first-order valence-electron chi connectivity index (χ1n) is 6.22. The number of hydrogen-bond donors (Lipinski definition) is 1. The maximum atomic E-state index is 11.4. The number of carbonyl (C=O) groups excluding carboxylic acids is 1. The highest BCUT2D eigenvalue weighted by atomic mass is 16.5. The van der Waals surface area contributed by atoms with E-state index in [1.165, 1.54) is 0 Å². The molecular weight excluding hydrogens is 262 g/mol. The third kappa shape index (κ3) is 3.02. The Labute approximate surface area is 116 Å². The lowest BCUT2D eigenvalue weighted by molar-refractivity contribution is -0.140. The molecule has 2 aromatic heterocycles. The molecule has 0 aliphatic rings. The van der Waals surface area contributed by atoms with Crippen LogP contribution in [-0.2, 0) is 27.9 Å².